The number of esters is 1. The first-order valence-electron chi connectivity index (χ1n) is 12.5. The molecule has 3 heterocycles. The molecule has 2 N–H and O–H groups in total. The molecule has 1 aliphatic heterocycles. The Bertz CT molecular complexity index is 1560. The van der Waals surface area contributed by atoms with Gasteiger partial charge < -0.3 is 14.8 Å². The summed E-state index contributed by atoms with van der Waals surface area (Å²) in [6.07, 6.45) is 1.41. The van der Waals surface area contributed by atoms with Gasteiger partial charge in [-0.15, -0.1) is 16.4 Å². The third-order valence-corrected chi connectivity index (χ3v) is 10.6. The van der Waals surface area contributed by atoms with Crippen LogP contribution in [0.4, 0.5) is 5.69 Å². The van der Waals surface area contributed by atoms with E-state index >= 15 is 0 Å². The Morgan fingerprint density at radius 2 is 1.93 bits per heavy atom. The van der Waals surface area contributed by atoms with Crippen LogP contribution in [0.3, 0.4) is 0 Å². The second-order valence-electron chi connectivity index (χ2n) is 9.16. The van der Waals surface area contributed by atoms with E-state index < -0.39 is 16.0 Å². The summed E-state index contributed by atoms with van der Waals surface area (Å²) in [5.41, 5.74) is 2.63. The molecule has 0 spiro atoms. The van der Waals surface area contributed by atoms with Crippen LogP contribution in [-0.4, -0.2) is 72.2 Å². The van der Waals surface area contributed by atoms with Gasteiger partial charge in [0.25, 0.3) is 0 Å². The molecule has 1 fully saturated rings. The molecule has 0 atom stereocenters. The number of carbonyl (C=O) groups is 1. The van der Waals surface area contributed by atoms with Crippen molar-refractivity contribution in [3.8, 4) is 26.9 Å². The van der Waals surface area contributed by atoms with Crippen molar-refractivity contribution in [3.63, 3.8) is 0 Å². The molecule has 40 heavy (non-hydrogen) atoms. The zero-order valence-electron chi connectivity index (χ0n) is 21.5. The first-order chi connectivity index (χ1) is 19.3. The maximum Gasteiger partial charge on any atom is 0.343 e. The van der Waals surface area contributed by atoms with Crippen molar-refractivity contribution in [2.24, 2.45) is 0 Å². The van der Waals surface area contributed by atoms with Crippen LogP contribution in [-0.2, 0) is 25.3 Å². The molecule has 0 aliphatic carbocycles. The molecule has 4 aromatic rings. The minimum Gasteiger partial charge on any atom is -0.479 e. The Hall–Kier alpha value is -3.33. The monoisotopic (exact) mass is 646 g/mol. The van der Waals surface area contributed by atoms with Crippen molar-refractivity contribution >= 4 is 48.9 Å². The number of H-pyrrole nitrogens is 1. The Morgan fingerprint density at radius 1 is 1.15 bits per heavy atom. The fourth-order valence-corrected chi connectivity index (χ4v) is 8.00. The number of sulfonamides is 1. The summed E-state index contributed by atoms with van der Waals surface area (Å²) in [6.45, 7) is 0.679. The number of nitrogens with one attached hydrogen (secondary N) is 2. The molecule has 1 aliphatic rings. The number of methoxy groups -OCH3 is 1. The molecular formula is C26H27BrN6O5S2. The van der Waals surface area contributed by atoms with Gasteiger partial charge in [0.2, 0.25) is 10.0 Å². The number of halogens is 1. The van der Waals surface area contributed by atoms with Crippen LogP contribution in [0.2, 0.25) is 0 Å². The van der Waals surface area contributed by atoms with E-state index in [0.29, 0.717) is 46.9 Å². The van der Waals surface area contributed by atoms with E-state index in [1.807, 2.05) is 54.6 Å². The number of aromatic amines is 1. The number of carbonyl (C=O) groups excluding carboxylic acids is 1. The van der Waals surface area contributed by atoms with E-state index in [1.54, 1.807) is 4.31 Å². The van der Waals surface area contributed by atoms with Crippen molar-refractivity contribution in [1.82, 2.24) is 24.9 Å². The number of benzene rings is 2. The Morgan fingerprint density at radius 3 is 2.62 bits per heavy atom. The van der Waals surface area contributed by atoms with E-state index in [-0.39, 0.29) is 18.4 Å². The third kappa shape index (κ3) is 6.52. The smallest absolute Gasteiger partial charge is 0.343 e. The molecule has 2 aromatic heterocycles. The predicted octanol–water partition coefficient (Wildman–Crippen LogP) is 4.32. The van der Waals surface area contributed by atoms with Gasteiger partial charge >= 0.3 is 5.97 Å². The van der Waals surface area contributed by atoms with E-state index in [0.717, 1.165) is 21.7 Å². The van der Waals surface area contributed by atoms with Crippen molar-refractivity contribution < 1.29 is 22.7 Å². The van der Waals surface area contributed by atoms with Crippen LogP contribution in [0.1, 0.15) is 18.4 Å². The second-order valence-corrected chi connectivity index (χ2v) is 12.9. The lowest BCUT2D eigenvalue weighted by molar-refractivity contribution is -0.142. The highest BCUT2D eigenvalue weighted by molar-refractivity contribution is 9.10. The molecule has 2 aromatic carbocycles. The highest BCUT2D eigenvalue weighted by Gasteiger charge is 2.28. The maximum atomic E-state index is 12.9. The lowest BCUT2D eigenvalue weighted by atomic mass is 10.1. The number of nitrogens with zero attached hydrogens (tertiary/aromatic N) is 4. The summed E-state index contributed by atoms with van der Waals surface area (Å²) in [5, 5.41) is 17.6. The van der Waals surface area contributed by atoms with E-state index in [9.17, 15) is 13.2 Å². The molecule has 0 saturated carbocycles. The Kier molecular flexibility index (Phi) is 8.78. The minimum atomic E-state index is -3.37. The van der Waals surface area contributed by atoms with Gasteiger partial charge in [-0.05, 0) is 62.5 Å². The van der Waals surface area contributed by atoms with Crippen LogP contribution in [0.5, 0.6) is 5.75 Å². The van der Waals surface area contributed by atoms with Crippen LogP contribution in [0.15, 0.2) is 59.1 Å². The number of aromatic nitrogens is 4. The first-order valence-corrected chi connectivity index (χ1v) is 15.7. The van der Waals surface area contributed by atoms with Gasteiger partial charge in [0, 0.05) is 24.8 Å². The molecule has 0 amide bonds. The van der Waals surface area contributed by atoms with Crippen LogP contribution in [0.25, 0.3) is 21.1 Å². The summed E-state index contributed by atoms with van der Waals surface area (Å²) in [4.78, 5) is 13.2. The zero-order valence-corrected chi connectivity index (χ0v) is 24.8. The van der Waals surface area contributed by atoms with Gasteiger partial charge in [0.1, 0.15) is 4.88 Å². The first kappa shape index (κ1) is 28.2. The van der Waals surface area contributed by atoms with E-state index in [1.165, 1.54) is 18.4 Å². The van der Waals surface area contributed by atoms with E-state index in [2.05, 4.69) is 41.9 Å². The number of thiophene rings is 1. The number of piperidine rings is 1. The molecule has 1 saturated heterocycles. The topological polar surface area (TPSA) is 139 Å². The van der Waals surface area contributed by atoms with Crippen molar-refractivity contribution in [1.29, 1.82) is 0 Å². The van der Waals surface area contributed by atoms with Crippen LogP contribution < -0.4 is 10.1 Å². The van der Waals surface area contributed by atoms with E-state index in [4.69, 9.17) is 9.47 Å². The molecule has 0 radical (unpaired) electrons. The Balaban J connectivity index is 1.28. The number of tetrazole rings is 1. The van der Waals surface area contributed by atoms with Crippen molar-refractivity contribution in [2.75, 3.05) is 32.1 Å². The number of hydrogen-bond donors (Lipinski definition) is 2. The standard InChI is InChI=1S/C26H27BrN6O5S2/c1-37-21(34)15-38-23-22(27)24(39-25(23)26-29-31-32-30-26)18-8-5-9-20(14-18)28-19-10-12-33(13-11-19)40(35,36)16-17-6-3-2-4-7-17/h2-9,14,19,28H,10-13,15-16H2,1H3,(H,29,30,31,32). The normalized spacial score (nSPS) is 14.7. The van der Waals surface area contributed by atoms with Crippen molar-refractivity contribution in [3.05, 3.63) is 64.6 Å². The molecule has 210 valence electrons. The second kappa shape index (κ2) is 12.5. The van der Waals surface area contributed by atoms with Crippen LogP contribution in [0, 0.1) is 0 Å². The van der Waals surface area contributed by atoms with Gasteiger partial charge in [0.05, 0.1) is 22.2 Å². The number of ether oxygens (including phenoxy) is 2. The summed E-state index contributed by atoms with van der Waals surface area (Å²) in [7, 11) is -2.07. The molecule has 0 unspecified atom stereocenters. The lowest BCUT2D eigenvalue weighted by Crippen LogP contribution is -2.42. The molecule has 5 rings (SSSR count). The quantitative estimate of drug-likeness (QED) is 0.241. The maximum absolute atomic E-state index is 12.9. The molecular weight excluding hydrogens is 620 g/mol. The average Bonchev–Trinajstić information content (AvgIpc) is 3.60. The summed E-state index contributed by atoms with van der Waals surface area (Å²) in [6, 6.07) is 17.3. The fourth-order valence-electron chi connectivity index (χ4n) is 4.45. The zero-order chi connectivity index (χ0) is 28.1. The fraction of sp³-hybridized carbons (Fsp3) is 0.308. The predicted molar refractivity (Wildman–Crippen MR) is 155 cm³/mol. The van der Waals surface area contributed by atoms with Crippen molar-refractivity contribution in [2.45, 2.75) is 24.6 Å². The summed E-state index contributed by atoms with van der Waals surface area (Å²) in [5.74, 6) is 0.360. The molecule has 11 nitrogen and oxygen atoms in total. The largest absolute Gasteiger partial charge is 0.479 e. The van der Waals surface area contributed by atoms with Gasteiger partial charge in [0.15, 0.2) is 18.2 Å². The third-order valence-electron chi connectivity index (χ3n) is 6.47. The number of rotatable bonds is 10. The SMILES string of the molecule is COC(=O)COc1c(-c2nnn[nH]2)sc(-c2cccc(NC3CCN(S(=O)(=O)Cc4ccccc4)CC3)c2)c1Br. The van der Waals surface area contributed by atoms with Gasteiger partial charge in [-0.25, -0.2) is 22.6 Å². The molecule has 14 heteroatoms. The summed E-state index contributed by atoms with van der Waals surface area (Å²) < 4.78 is 38.6. The van der Waals surface area contributed by atoms with Crippen LogP contribution >= 0.6 is 27.3 Å². The number of hydrogen-bond acceptors (Lipinski definition) is 10. The van der Waals surface area contributed by atoms with Gasteiger partial charge in [-0.1, -0.05) is 42.5 Å². The highest BCUT2D eigenvalue weighted by atomic mass is 79.9. The summed E-state index contributed by atoms with van der Waals surface area (Å²) >= 11 is 5.05. The highest BCUT2D eigenvalue weighted by Crippen LogP contribution is 2.49. The van der Waals surface area contributed by atoms with Gasteiger partial charge in [-0.2, -0.15) is 0 Å². The van der Waals surface area contributed by atoms with Gasteiger partial charge in [-0.3, -0.25) is 0 Å². The Labute approximate surface area is 244 Å². The molecule has 0 bridgehead atoms. The minimum absolute atomic E-state index is 0.0150. The average molecular weight is 648 g/mol. The lowest BCUT2D eigenvalue weighted by Gasteiger charge is -2.32. The number of anilines is 1.